The average molecular weight is 366 g/mol. The van der Waals surface area contributed by atoms with Gasteiger partial charge in [0.1, 0.15) is 0 Å². The normalized spacial score (nSPS) is 16.8. The summed E-state index contributed by atoms with van der Waals surface area (Å²) in [6.07, 6.45) is 1.53. The molecule has 0 spiro atoms. The molecule has 0 aromatic heterocycles. The van der Waals surface area contributed by atoms with Crippen LogP contribution in [0.15, 0.2) is 30.3 Å². The number of hydrogen-bond acceptors (Lipinski definition) is 4. The van der Waals surface area contributed by atoms with E-state index < -0.39 is 0 Å². The molecule has 0 bridgehead atoms. The van der Waals surface area contributed by atoms with Gasteiger partial charge in [-0.3, -0.25) is 4.79 Å². The highest BCUT2D eigenvalue weighted by Gasteiger charge is 2.15. The first-order chi connectivity index (χ1) is 9.84. The van der Waals surface area contributed by atoms with Gasteiger partial charge in [0.25, 0.3) is 0 Å². The van der Waals surface area contributed by atoms with Crippen molar-refractivity contribution in [1.29, 1.82) is 0 Å². The zero-order valence-electron chi connectivity index (χ0n) is 12.5. The molecular weight excluding hydrogens is 341 g/mol. The molecule has 1 aromatic carbocycles. The van der Waals surface area contributed by atoms with Crippen LogP contribution in [-0.2, 0) is 4.79 Å². The largest absolute Gasteiger partial charge is 0.385 e. The lowest BCUT2D eigenvalue weighted by molar-refractivity contribution is -0.121. The molecule has 1 aliphatic rings. The number of anilines is 1. The lowest BCUT2D eigenvalue weighted by Crippen LogP contribution is -2.41. The quantitative estimate of drug-likeness (QED) is 0.650. The van der Waals surface area contributed by atoms with Crippen molar-refractivity contribution >= 4 is 48.2 Å². The van der Waals surface area contributed by atoms with Gasteiger partial charge in [-0.1, -0.05) is 18.2 Å². The summed E-state index contributed by atoms with van der Waals surface area (Å²) in [6.45, 7) is 2.63. The van der Waals surface area contributed by atoms with Gasteiger partial charge in [-0.15, -0.1) is 24.8 Å². The topological polar surface area (TPSA) is 53.2 Å². The summed E-state index contributed by atoms with van der Waals surface area (Å²) in [4.78, 5) is 11.8. The Morgan fingerprint density at radius 2 is 2.00 bits per heavy atom. The van der Waals surface area contributed by atoms with E-state index in [2.05, 4.69) is 16.0 Å². The van der Waals surface area contributed by atoms with Gasteiger partial charge in [-0.25, -0.2) is 0 Å². The third-order valence-corrected chi connectivity index (χ3v) is 4.34. The number of hydrogen-bond donors (Lipinski definition) is 3. The van der Waals surface area contributed by atoms with Crippen molar-refractivity contribution in [2.75, 3.05) is 36.5 Å². The molecule has 4 nitrogen and oxygen atoms in total. The molecule has 1 aliphatic heterocycles. The lowest BCUT2D eigenvalue weighted by atomic mass is 10.2. The molecule has 0 radical (unpaired) electrons. The van der Waals surface area contributed by atoms with Crippen LogP contribution in [0.5, 0.6) is 0 Å². The van der Waals surface area contributed by atoms with Crippen LogP contribution in [0.2, 0.25) is 0 Å². The first-order valence-electron chi connectivity index (χ1n) is 7.21. The molecule has 1 saturated heterocycles. The van der Waals surface area contributed by atoms with E-state index in [0.29, 0.717) is 12.5 Å². The van der Waals surface area contributed by atoms with Crippen molar-refractivity contribution in [2.24, 2.45) is 0 Å². The zero-order chi connectivity index (χ0) is 14.0. The van der Waals surface area contributed by atoms with Gasteiger partial charge < -0.3 is 16.0 Å². The molecule has 1 fully saturated rings. The summed E-state index contributed by atoms with van der Waals surface area (Å²) < 4.78 is 0. The second kappa shape index (κ2) is 12.9. The van der Waals surface area contributed by atoms with Crippen molar-refractivity contribution in [2.45, 2.75) is 18.9 Å². The molecule has 1 aromatic rings. The zero-order valence-corrected chi connectivity index (χ0v) is 15.0. The fourth-order valence-corrected chi connectivity index (χ4v) is 3.10. The van der Waals surface area contributed by atoms with Crippen LogP contribution in [0.1, 0.15) is 12.8 Å². The third-order valence-electron chi connectivity index (χ3n) is 3.21. The number of nitrogens with one attached hydrogen (secondary N) is 3. The number of carbonyl (C=O) groups excluding carboxylic acids is 1. The second-order valence-electron chi connectivity index (χ2n) is 4.93. The number of benzene rings is 1. The third kappa shape index (κ3) is 8.73. The van der Waals surface area contributed by atoms with E-state index in [1.54, 1.807) is 0 Å². The number of halogens is 2. The number of amides is 1. The summed E-state index contributed by atoms with van der Waals surface area (Å²) in [6, 6.07) is 10.5. The fraction of sp³-hybridized carbons (Fsp3) is 0.533. The predicted octanol–water partition coefficient (Wildman–Crippen LogP) is 2.54. The monoisotopic (exact) mass is 365 g/mol. The minimum Gasteiger partial charge on any atom is -0.385 e. The molecule has 22 heavy (non-hydrogen) atoms. The Bertz CT molecular complexity index is 403. The molecule has 0 aliphatic carbocycles. The SMILES string of the molecule is Cl.Cl.O=C(CC1CSCCN1)NCCCNc1ccccc1. The Hall–Kier alpha value is -0.620. The second-order valence-corrected chi connectivity index (χ2v) is 6.08. The molecule has 0 saturated carbocycles. The number of carbonyl (C=O) groups is 1. The van der Waals surface area contributed by atoms with Gasteiger partial charge in [0.15, 0.2) is 0 Å². The van der Waals surface area contributed by atoms with Crippen molar-refractivity contribution in [3.05, 3.63) is 30.3 Å². The Morgan fingerprint density at radius 1 is 1.23 bits per heavy atom. The van der Waals surface area contributed by atoms with Crippen LogP contribution in [-0.4, -0.2) is 43.1 Å². The Kier molecular flexibility index (Phi) is 12.5. The molecule has 2 rings (SSSR count). The minimum atomic E-state index is 0. The number of thioether (sulfide) groups is 1. The highest BCUT2D eigenvalue weighted by molar-refractivity contribution is 7.99. The predicted molar refractivity (Wildman–Crippen MR) is 101 cm³/mol. The first-order valence-corrected chi connectivity index (χ1v) is 8.37. The van der Waals surface area contributed by atoms with Crippen LogP contribution in [0, 0.1) is 0 Å². The van der Waals surface area contributed by atoms with E-state index in [1.807, 2.05) is 42.1 Å². The van der Waals surface area contributed by atoms with E-state index in [1.165, 1.54) is 0 Å². The van der Waals surface area contributed by atoms with Crippen LogP contribution in [0.3, 0.4) is 0 Å². The molecule has 7 heteroatoms. The standard InChI is InChI=1S/C15H23N3OS.2ClH/c19-15(11-14-12-20-10-9-17-14)18-8-4-7-16-13-5-2-1-3-6-13;;/h1-3,5-6,14,16-17H,4,7-12H2,(H,18,19);2*1H. The van der Waals surface area contributed by atoms with Crippen LogP contribution < -0.4 is 16.0 Å². The highest BCUT2D eigenvalue weighted by Crippen LogP contribution is 2.09. The summed E-state index contributed by atoms with van der Waals surface area (Å²) in [7, 11) is 0. The average Bonchev–Trinajstić information content (AvgIpc) is 2.49. The maximum absolute atomic E-state index is 11.8. The first kappa shape index (κ1) is 21.4. The Morgan fingerprint density at radius 3 is 2.68 bits per heavy atom. The van der Waals surface area contributed by atoms with Crippen LogP contribution in [0.4, 0.5) is 5.69 Å². The van der Waals surface area contributed by atoms with Crippen molar-refractivity contribution in [3.63, 3.8) is 0 Å². The van der Waals surface area contributed by atoms with Gasteiger partial charge in [-0.2, -0.15) is 11.8 Å². The Balaban J connectivity index is 0.00000220. The smallest absolute Gasteiger partial charge is 0.221 e. The van der Waals surface area contributed by atoms with Gasteiger partial charge in [0.2, 0.25) is 5.91 Å². The van der Waals surface area contributed by atoms with Gasteiger partial charge in [0, 0.05) is 49.3 Å². The highest BCUT2D eigenvalue weighted by atomic mass is 35.5. The molecular formula is C15H25Cl2N3OS. The fourth-order valence-electron chi connectivity index (χ4n) is 2.15. The van der Waals surface area contributed by atoms with Crippen molar-refractivity contribution in [3.8, 4) is 0 Å². The maximum Gasteiger partial charge on any atom is 0.221 e. The van der Waals surface area contributed by atoms with E-state index in [9.17, 15) is 4.79 Å². The van der Waals surface area contributed by atoms with E-state index in [-0.39, 0.29) is 30.7 Å². The summed E-state index contributed by atoms with van der Waals surface area (Å²) in [5.41, 5.74) is 1.13. The maximum atomic E-state index is 11.8. The molecule has 1 amide bonds. The van der Waals surface area contributed by atoms with Gasteiger partial charge in [0.05, 0.1) is 0 Å². The van der Waals surface area contributed by atoms with Crippen LogP contribution in [0.25, 0.3) is 0 Å². The summed E-state index contributed by atoms with van der Waals surface area (Å²) >= 11 is 1.92. The van der Waals surface area contributed by atoms with Crippen molar-refractivity contribution < 1.29 is 4.79 Å². The van der Waals surface area contributed by atoms with E-state index in [0.717, 1.165) is 43.2 Å². The van der Waals surface area contributed by atoms with E-state index >= 15 is 0 Å². The van der Waals surface area contributed by atoms with Gasteiger partial charge in [-0.05, 0) is 18.6 Å². The molecule has 126 valence electrons. The van der Waals surface area contributed by atoms with Gasteiger partial charge >= 0.3 is 0 Å². The van der Waals surface area contributed by atoms with Crippen molar-refractivity contribution in [1.82, 2.24) is 10.6 Å². The summed E-state index contributed by atoms with van der Waals surface area (Å²) in [5.74, 6) is 2.36. The van der Waals surface area contributed by atoms with Crippen LogP contribution >= 0.6 is 36.6 Å². The molecule has 1 atom stereocenters. The van der Waals surface area contributed by atoms with E-state index in [4.69, 9.17) is 0 Å². The molecule has 1 heterocycles. The summed E-state index contributed by atoms with van der Waals surface area (Å²) in [5, 5.41) is 9.70. The number of para-hydroxylation sites is 1. The Labute approximate surface area is 149 Å². The minimum absolute atomic E-state index is 0. The lowest BCUT2D eigenvalue weighted by Gasteiger charge is -2.22. The number of rotatable bonds is 7. The molecule has 1 unspecified atom stereocenters. The molecule has 3 N–H and O–H groups in total.